The van der Waals surface area contributed by atoms with Crippen molar-refractivity contribution < 1.29 is 9.21 Å². The van der Waals surface area contributed by atoms with Crippen LogP contribution in [0.15, 0.2) is 44.6 Å². The van der Waals surface area contributed by atoms with E-state index in [4.69, 9.17) is 27.6 Å². The Morgan fingerprint density at radius 2 is 1.88 bits per heavy atom. The van der Waals surface area contributed by atoms with Crippen LogP contribution in [0.1, 0.15) is 25.0 Å². The Kier molecular flexibility index (Phi) is 5.11. The molecule has 2 aliphatic heterocycles. The average Bonchev–Trinajstić information content (AvgIpc) is 3.26. The number of amides is 1. The lowest BCUT2D eigenvalue weighted by Crippen LogP contribution is -2.33. The van der Waals surface area contributed by atoms with Crippen LogP contribution in [-0.4, -0.2) is 29.1 Å². The van der Waals surface area contributed by atoms with E-state index in [-0.39, 0.29) is 5.91 Å². The highest BCUT2D eigenvalue weighted by atomic mass is 35.5. The number of likely N-dealkylation sites (tertiary alicyclic amines) is 1. The molecule has 0 bridgehead atoms. The average molecular weight is 407 g/mol. The summed E-state index contributed by atoms with van der Waals surface area (Å²) in [6, 6.07) is 9.01. The van der Waals surface area contributed by atoms with Crippen LogP contribution < -0.4 is 0 Å². The van der Waals surface area contributed by atoms with Gasteiger partial charge in [-0.2, -0.15) is 4.99 Å². The van der Waals surface area contributed by atoms with Crippen molar-refractivity contribution in [2.45, 2.75) is 19.3 Å². The van der Waals surface area contributed by atoms with Gasteiger partial charge in [0.15, 0.2) is 5.17 Å². The van der Waals surface area contributed by atoms with Crippen molar-refractivity contribution >= 4 is 52.1 Å². The summed E-state index contributed by atoms with van der Waals surface area (Å²) < 4.78 is 5.85. The Labute approximate surface area is 165 Å². The van der Waals surface area contributed by atoms with E-state index in [2.05, 4.69) is 9.89 Å². The lowest BCUT2D eigenvalue weighted by molar-refractivity contribution is -0.113. The summed E-state index contributed by atoms with van der Waals surface area (Å²) in [6.07, 6.45) is 5.29. The van der Waals surface area contributed by atoms with E-state index in [9.17, 15) is 4.79 Å². The van der Waals surface area contributed by atoms with Crippen molar-refractivity contribution in [3.05, 3.63) is 51.0 Å². The summed E-state index contributed by atoms with van der Waals surface area (Å²) in [5.41, 5.74) is 0.833. The summed E-state index contributed by atoms with van der Waals surface area (Å²) >= 11 is 13.4. The number of hydrogen-bond acceptors (Lipinski definition) is 4. The van der Waals surface area contributed by atoms with Gasteiger partial charge in [-0.25, -0.2) is 0 Å². The summed E-state index contributed by atoms with van der Waals surface area (Å²) in [7, 11) is 0. The van der Waals surface area contributed by atoms with Gasteiger partial charge in [0.1, 0.15) is 11.5 Å². The zero-order valence-electron chi connectivity index (χ0n) is 13.9. The van der Waals surface area contributed by atoms with E-state index in [1.165, 1.54) is 18.2 Å². The first-order valence-electron chi connectivity index (χ1n) is 8.43. The Morgan fingerprint density at radius 1 is 1.08 bits per heavy atom. The number of halogens is 2. The lowest BCUT2D eigenvalue weighted by atomic mass is 10.1. The van der Waals surface area contributed by atoms with Gasteiger partial charge in [-0.15, -0.1) is 0 Å². The molecular formula is C19H16Cl2N2O2S. The van der Waals surface area contributed by atoms with Gasteiger partial charge in [-0.3, -0.25) is 4.79 Å². The van der Waals surface area contributed by atoms with Gasteiger partial charge in [-0.1, -0.05) is 23.2 Å². The highest BCUT2D eigenvalue weighted by Crippen LogP contribution is 2.33. The second-order valence-electron chi connectivity index (χ2n) is 6.19. The first kappa shape index (κ1) is 17.7. The van der Waals surface area contributed by atoms with E-state index < -0.39 is 0 Å². The Bertz CT molecular complexity index is 914. The second kappa shape index (κ2) is 7.51. The third-order valence-electron chi connectivity index (χ3n) is 4.34. The predicted molar refractivity (Wildman–Crippen MR) is 108 cm³/mol. The molecule has 0 atom stereocenters. The Balaban J connectivity index is 1.51. The molecule has 7 heteroatoms. The van der Waals surface area contributed by atoms with Crippen LogP contribution in [0, 0.1) is 0 Å². The van der Waals surface area contributed by atoms with Crippen LogP contribution in [-0.2, 0) is 4.79 Å². The first-order valence-corrected chi connectivity index (χ1v) is 10.0. The molecule has 1 amide bonds. The summed E-state index contributed by atoms with van der Waals surface area (Å²) in [5.74, 6) is 1.07. The normalized spacial score (nSPS) is 19.3. The Morgan fingerprint density at radius 3 is 2.65 bits per heavy atom. The van der Waals surface area contributed by atoms with Gasteiger partial charge < -0.3 is 9.32 Å². The zero-order valence-corrected chi connectivity index (χ0v) is 16.2. The maximum absolute atomic E-state index is 12.2. The molecule has 3 heterocycles. The number of nitrogens with zero attached hydrogens (tertiary/aromatic N) is 2. The van der Waals surface area contributed by atoms with Crippen molar-refractivity contribution in [1.82, 2.24) is 4.90 Å². The number of carbonyl (C=O) groups is 1. The molecule has 1 saturated heterocycles. The molecule has 1 aromatic heterocycles. The van der Waals surface area contributed by atoms with E-state index in [1.807, 2.05) is 18.2 Å². The topological polar surface area (TPSA) is 45.8 Å². The van der Waals surface area contributed by atoms with Crippen LogP contribution in [0.4, 0.5) is 0 Å². The summed E-state index contributed by atoms with van der Waals surface area (Å²) in [4.78, 5) is 19.2. The number of benzene rings is 1. The number of aliphatic imine (C=N–C) groups is 1. The van der Waals surface area contributed by atoms with Gasteiger partial charge in [0.2, 0.25) is 0 Å². The van der Waals surface area contributed by atoms with Crippen LogP contribution in [0.25, 0.3) is 17.4 Å². The van der Waals surface area contributed by atoms with Gasteiger partial charge in [0.05, 0.1) is 15.0 Å². The number of piperidine rings is 1. The minimum Gasteiger partial charge on any atom is -0.457 e. The van der Waals surface area contributed by atoms with Crippen LogP contribution in [0.5, 0.6) is 0 Å². The molecular weight excluding hydrogens is 391 g/mol. The third-order valence-corrected chi connectivity index (χ3v) is 6.12. The molecule has 0 unspecified atom stereocenters. The molecule has 0 spiro atoms. The van der Waals surface area contributed by atoms with Crippen molar-refractivity contribution in [3.8, 4) is 11.3 Å². The fourth-order valence-electron chi connectivity index (χ4n) is 2.98. The fourth-order valence-corrected chi connectivity index (χ4v) is 4.23. The molecule has 4 nitrogen and oxygen atoms in total. The SMILES string of the molecule is O=C1N=C(N2CCCCC2)S/C1=C\c1ccc(-c2ccc(Cl)c(Cl)c2)o1. The van der Waals surface area contributed by atoms with E-state index in [0.29, 0.717) is 26.5 Å². The van der Waals surface area contributed by atoms with Crippen molar-refractivity contribution in [2.75, 3.05) is 13.1 Å². The largest absolute Gasteiger partial charge is 0.457 e. The summed E-state index contributed by atoms with van der Waals surface area (Å²) in [5, 5.41) is 1.78. The molecule has 0 saturated carbocycles. The molecule has 2 aromatic rings. The number of furan rings is 1. The smallest absolute Gasteiger partial charge is 0.286 e. The number of carbonyl (C=O) groups excluding carboxylic acids is 1. The molecule has 134 valence electrons. The predicted octanol–water partition coefficient (Wildman–Crippen LogP) is 5.71. The lowest BCUT2D eigenvalue weighted by Gasteiger charge is -2.27. The number of rotatable bonds is 2. The number of thioether (sulfide) groups is 1. The van der Waals surface area contributed by atoms with Gasteiger partial charge in [-0.05, 0) is 61.4 Å². The molecule has 2 aliphatic rings. The highest BCUT2D eigenvalue weighted by Gasteiger charge is 2.27. The van der Waals surface area contributed by atoms with Gasteiger partial charge in [0.25, 0.3) is 5.91 Å². The van der Waals surface area contributed by atoms with Gasteiger partial charge in [0, 0.05) is 24.7 Å². The van der Waals surface area contributed by atoms with Crippen molar-refractivity contribution in [1.29, 1.82) is 0 Å². The monoisotopic (exact) mass is 406 g/mol. The quantitative estimate of drug-likeness (QED) is 0.599. The minimum absolute atomic E-state index is 0.205. The third kappa shape index (κ3) is 3.70. The van der Waals surface area contributed by atoms with E-state index in [1.54, 1.807) is 18.2 Å². The summed E-state index contributed by atoms with van der Waals surface area (Å²) in [6.45, 7) is 1.93. The van der Waals surface area contributed by atoms with Gasteiger partial charge >= 0.3 is 0 Å². The second-order valence-corrected chi connectivity index (χ2v) is 8.01. The molecule has 0 aliphatic carbocycles. The molecule has 1 fully saturated rings. The van der Waals surface area contributed by atoms with Crippen LogP contribution in [0.3, 0.4) is 0 Å². The molecule has 4 rings (SSSR count). The first-order chi connectivity index (χ1) is 12.6. The Hall–Kier alpha value is -1.69. The molecule has 26 heavy (non-hydrogen) atoms. The van der Waals surface area contributed by atoms with Crippen LogP contribution >= 0.6 is 35.0 Å². The van der Waals surface area contributed by atoms with E-state index >= 15 is 0 Å². The van der Waals surface area contributed by atoms with Crippen molar-refractivity contribution in [2.24, 2.45) is 4.99 Å². The molecule has 0 radical (unpaired) electrons. The number of hydrogen-bond donors (Lipinski definition) is 0. The number of amidine groups is 1. The fraction of sp³-hybridized carbons (Fsp3) is 0.263. The van der Waals surface area contributed by atoms with Crippen LogP contribution in [0.2, 0.25) is 10.0 Å². The zero-order chi connectivity index (χ0) is 18.1. The maximum Gasteiger partial charge on any atom is 0.286 e. The maximum atomic E-state index is 12.2. The molecule has 0 N–H and O–H groups in total. The minimum atomic E-state index is -0.205. The van der Waals surface area contributed by atoms with Crippen molar-refractivity contribution in [3.63, 3.8) is 0 Å². The molecule has 1 aromatic carbocycles. The standard InChI is InChI=1S/C19H16Cl2N2O2S/c20-14-6-4-12(10-15(14)21)16-7-5-13(25-16)11-17-18(24)22-19(26-17)23-8-2-1-3-9-23/h4-7,10-11H,1-3,8-9H2/b17-11-. The van der Waals surface area contributed by atoms with E-state index in [0.717, 1.165) is 36.7 Å². The highest BCUT2D eigenvalue weighted by molar-refractivity contribution is 8.18.